The van der Waals surface area contributed by atoms with Crippen molar-refractivity contribution in [3.8, 4) is 0 Å². The Kier molecular flexibility index (Phi) is 1.65. The van der Waals surface area contributed by atoms with E-state index in [-0.39, 0.29) is 18.8 Å². The first-order chi connectivity index (χ1) is 3.88. The van der Waals surface area contributed by atoms with E-state index < -0.39 is 0 Å². The van der Waals surface area contributed by atoms with Gasteiger partial charge in [-0.25, -0.2) is 0 Å². The van der Waals surface area contributed by atoms with Gasteiger partial charge in [0.25, 0.3) is 0 Å². The van der Waals surface area contributed by atoms with E-state index in [2.05, 4.69) is 6.58 Å². The van der Waals surface area contributed by atoms with Gasteiger partial charge in [0.05, 0.1) is 12.7 Å². The summed E-state index contributed by atoms with van der Waals surface area (Å²) in [5, 5.41) is 8.44. The van der Waals surface area contributed by atoms with Crippen LogP contribution in [0.2, 0.25) is 0 Å². The molecule has 0 amide bonds. The molecule has 1 aliphatic rings. The van der Waals surface area contributed by atoms with Crippen LogP contribution in [0, 0.1) is 0 Å². The Morgan fingerprint density at radius 1 is 1.62 bits per heavy atom. The molecule has 1 fully saturated rings. The molecule has 2 atom stereocenters. The Morgan fingerprint density at radius 2 is 2.38 bits per heavy atom. The molecule has 1 aliphatic heterocycles. The Morgan fingerprint density at radius 3 is 2.75 bits per heavy atom. The third-order valence-electron chi connectivity index (χ3n) is 1.27. The van der Waals surface area contributed by atoms with E-state index in [1.54, 1.807) is 6.08 Å². The fourth-order valence-electron chi connectivity index (χ4n) is 0.711. The lowest BCUT2D eigenvalue weighted by atomic mass is 10.2. The molecule has 46 valence electrons. The van der Waals surface area contributed by atoms with Crippen LogP contribution >= 0.6 is 0 Å². The lowest BCUT2D eigenvalue weighted by Gasteiger charge is -1.80. The maximum absolute atomic E-state index is 8.44. The molecule has 0 saturated carbocycles. The van der Waals surface area contributed by atoms with Gasteiger partial charge in [0.2, 0.25) is 0 Å². The highest BCUT2D eigenvalue weighted by atomic mass is 16.6. The molecule has 0 radical (unpaired) electrons. The summed E-state index contributed by atoms with van der Waals surface area (Å²) in [6.07, 6.45) is 3.04. The second-order valence-electron chi connectivity index (χ2n) is 1.92. The van der Waals surface area contributed by atoms with Crippen LogP contribution in [0.3, 0.4) is 0 Å². The predicted octanol–water partition coefficient (Wildman–Crippen LogP) is 0.322. The van der Waals surface area contributed by atoms with Crippen molar-refractivity contribution in [1.29, 1.82) is 0 Å². The lowest BCUT2D eigenvalue weighted by molar-refractivity contribution is 0.242. The fraction of sp³-hybridized carbons (Fsp3) is 0.667. The minimum absolute atomic E-state index is 0.105. The molecule has 0 aromatic carbocycles. The van der Waals surface area contributed by atoms with E-state index >= 15 is 0 Å². The largest absolute Gasteiger partial charge is 0.394 e. The summed E-state index contributed by atoms with van der Waals surface area (Å²) in [5.41, 5.74) is 0. The zero-order valence-electron chi connectivity index (χ0n) is 4.71. The second-order valence-corrected chi connectivity index (χ2v) is 1.92. The Hall–Kier alpha value is -0.340. The summed E-state index contributed by atoms with van der Waals surface area (Å²) in [7, 11) is 0. The van der Waals surface area contributed by atoms with Crippen LogP contribution < -0.4 is 0 Å². The molecule has 0 bridgehead atoms. The minimum atomic E-state index is 0.105. The van der Waals surface area contributed by atoms with Crippen LogP contribution in [-0.2, 0) is 4.74 Å². The number of hydrogen-bond acceptors (Lipinski definition) is 2. The Labute approximate surface area is 48.8 Å². The third-order valence-corrected chi connectivity index (χ3v) is 1.27. The quantitative estimate of drug-likeness (QED) is 0.423. The van der Waals surface area contributed by atoms with Gasteiger partial charge in [-0.05, 0) is 6.42 Å². The van der Waals surface area contributed by atoms with Crippen LogP contribution in [-0.4, -0.2) is 23.9 Å². The van der Waals surface area contributed by atoms with Gasteiger partial charge in [0.15, 0.2) is 0 Å². The molecule has 8 heavy (non-hydrogen) atoms. The first-order valence-electron chi connectivity index (χ1n) is 2.75. The standard InChI is InChI=1S/C6H10O2/c1-2-3-5-6(4-7)8-5/h2,5-7H,1,3-4H2/t5-,6-/m1/s1. The summed E-state index contributed by atoms with van der Waals surface area (Å²) in [6, 6.07) is 0. The average Bonchev–Trinajstić information content (AvgIpc) is 2.48. The molecular formula is C6H10O2. The van der Waals surface area contributed by atoms with Crippen molar-refractivity contribution >= 4 is 0 Å². The average molecular weight is 114 g/mol. The summed E-state index contributed by atoms with van der Waals surface area (Å²) < 4.78 is 4.99. The zero-order chi connectivity index (χ0) is 5.98. The van der Waals surface area contributed by atoms with E-state index in [0.717, 1.165) is 6.42 Å². The van der Waals surface area contributed by atoms with Gasteiger partial charge >= 0.3 is 0 Å². The van der Waals surface area contributed by atoms with Gasteiger partial charge in [0.1, 0.15) is 6.10 Å². The Balaban J connectivity index is 2.07. The first kappa shape index (κ1) is 5.79. The van der Waals surface area contributed by atoms with Crippen LogP contribution in [0.25, 0.3) is 0 Å². The van der Waals surface area contributed by atoms with Crippen molar-refractivity contribution in [2.45, 2.75) is 18.6 Å². The number of aliphatic hydroxyl groups is 1. The van der Waals surface area contributed by atoms with Crippen LogP contribution in [0.15, 0.2) is 12.7 Å². The predicted molar refractivity (Wildman–Crippen MR) is 30.6 cm³/mol. The van der Waals surface area contributed by atoms with Gasteiger partial charge in [-0.2, -0.15) is 0 Å². The van der Waals surface area contributed by atoms with Crippen molar-refractivity contribution < 1.29 is 9.84 Å². The minimum Gasteiger partial charge on any atom is -0.394 e. The van der Waals surface area contributed by atoms with Crippen molar-refractivity contribution in [2.75, 3.05) is 6.61 Å². The normalized spacial score (nSPS) is 34.6. The molecule has 2 nitrogen and oxygen atoms in total. The van der Waals surface area contributed by atoms with E-state index in [0.29, 0.717) is 0 Å². The molecule has 0 spiro atoms. The van der Waals surface area contributed by atoms with Crippen molar-refractivity contribution in [3.63, 3.8) is 0 Å². The Bertz CT molecular complexity index is 90.5. The number of epoxide rings is 1. The van der Waals surface area contributed by atoms with Crippen LogP contribution in [0.5, 0.6) is 0 Å². The van der Waals surface area contributed by atoms with Crippen molar-refractivity contribution in [1.82, 2.24) is 0 Å². The van der Waals surface area contributed by atoms with Gasteiger partial charge in [-0.1, -0.05) is 6.08 Å². The van der Waals surface area contributed by atoms with E-state index in [9.17, 15) is 0 Å². The van der Waals surface area contributed by atoms with Crippen LogP contribution in [0.1, 0.15) is 6.42 Å². The third kappa shape index (κ3) is 1.08. The number of hydrogen-bond donors (Lipinski definition) is 1. The van der Waals surface area contributed by atoms with Crippen molar-refractivity contribution in [2.24, 2.45) is 0 Å². The molecule has 2 heteroatoms. The van der Waals surface area contributed by atoms with Gasteiger partial charge in [0, 0.05) is 0 Å². The molecular weight excluding hydrogens is 104 g/mol. The van der Waals surface area contributed by atoms with E-state index in [1.165, 1.54) is 0 Å². The summed E-state index contributed by atoms with van der Waals surface area (Å²) in [5.74, 6) is 0. The van der Waals surface area contributed by atoms with Gasteiger partial charge < -0.3 is 9.84 Å². The topological polar surface area (TPSA) is 32.8 Å². The monoisotopic (exact) mass is 114 g/mol. The highest BCUT2D eigenvalue weighted by molar-refractivity contribution is 4.89. The summed E-state index contributed by atoms with van der Waals surface area (Å²) in [6.45, 7) is 3.70. The molecule has 1 heterocycles. The molecule has 0 aromatic rings. The van der Waals surface area contributed by atoms with Crippen LogP contribution in [0.4, 0.5) is 0 Å². The smallest absolute Gasteiger partial charge is 0.107 e. The molecule has 0 unspecified atom stereocenters. The molecule has 1 saturated heterocycles. The SMILES string of the molecule is C=CC[C@H]1O[C@@H]1CO. The highest BCUT2D eigenvalue weighted by Gasteiger charge is 2.36. The van der Waals surface area contributed by atoms with E-state index in [4.69, 9.17) is 9.84 Å². The lowest BCUT2D eigenvalue weighted by Crippen LogP contribution is -1.96. The number of aliphatic hydroxyl groups excluding tert-OH is 1. The van der Waals surface area contributed by atoms with Crippen molar-refractivity contribution in [3.05, 3.63) is 12.7 Å². The maximum atomic E-state index is 8.44. The zero-order valence-corrected chi connectivity index (χ0v) is 4.71. The second kappa shape index (κ2) is 2.29. The number of rotatable bonds is 3. The summed E-state index contributed by atoms with van der Waals surface area (Å²) >= 11 is 0. The highest BCUT2D eigenvalue weighted by Crippen LogP contribution is 2.24. The summed E-state index contributed by atoms with van der Waals surface area (Å²) in [4.78, 5) is 0. The van der Waals surface area contributed by atoms with Gasteiger partial charge in [-0.15, -0.1) is 6.58 Å². The fourth-order valence-corrected chi connectivity index (χ4v) is 0.711. The number of ether oxygens (including phenoxy) is 1. The molecule has 0 aromatic heterocycles. The first-order valence-corrected chi connectivity index (χ1v) is 2.75. The maximum Gasteiger partial charge on any atom is 0.107 e. The molecule has 1 rings (SSSR count). The van der Waals surface area contributed by atoms with Gasteiger partial charge in [-0.3, -0.25) is 0 Å². The molecule has 0 aliphatic carbocycles. The molecule has 1 N–H and O–H groups in total. The van der Waals surface area contributed by atoms with E-state index in [1.807, 2.05) is 0 Å².